The first kappa shape index (κ1) is 40.7. The van der Waals surface area contributed by atoms with Crippen LogP contribution in [0.1, 0.15) is 52.0 Å². The number of benzene rings is 1. The number of ether oxygens (including phenoxy) is 2. The van der Waals surface area contributed by atoms with Crippen molar-refractivity contribution in [3.8, 4) is 0 Å². The van der Waals surface area contributed by atoms with Crippen molar-refractivity contribution in [2.45, 2.75) is 64.0 Å². The molecule has 2 atom stereocenters. The zero-order chi connectivity index (χ0) is 35.5. The number of nitrogens with one attached hydrogen (secondary N) is 4. The Balaban J connectivity index is 0.00000141. The molecule has 0 aromatic heterocycles. The lowest BCUT2D eigenvalue weighted by Crippen LogP contribution is -2.51. The number of likely N-dealkylation sites (tertiary alicyclic amines) is 1. The van der Waals surface area contributed by atoms with Gasteiger partial charge in [-0.1, -0.05) is 26.8 Å². The zero-order valence-corrected chi connectivity index (χ0v) is 27.3. The summed E-state index contributed by atoms with van der Waals surface area (Å²) in [6, 6.07) is 2.63. The van der Waals surface area contributed by atoms with Gasteiger partial charge in [0.1, 0.15) is 12.6 Å². The van der Waals surface area contributed by atoms with Gasteiger partial charge in [-0.2, -0.15) is 0 Å². The minimum Gasteiger partial charge on any atom is -0.470 e. The van der Waals surface area contributed by atoms with Gasteiger partial charge in [0.05, 0.1) is 31.2 Å². The fourth-order valence-corrected chi connectivity index (χ4v) is 4.45. The number of nitrogens with zero attached hydrogens (tertiary/aromatic N) is 1. The van der Waals surface area contributed by atoms with Gasteiger partial charge in [-0.25, -0.2) is 9.00 Å². The van der Waals surface area contributed by atoms with Crippen LogP contribution in [0.3, 0.4) is 0 Å². The molecule has 7 N–H and O–H groups in total. The quantitative estimate of drug-likeness (QED) is 0.0548. The summed E-state index contributed by atoms with van der Waals surface area (Å²) in [5, 5.41) is 9.95. The molecule has 258 valence electrons. The van der Waals surface area contributed by atoms with E-state index in [1.807, 2.05) is 6.92 Å². The van der Waals surface area contributed by atoms with Crippen molar-refractivity contribution < 1.29 is 51.8 Å². The van der Waals surface area contributed by atoms with E-state index < -0.39 is 53.3 Å². The van der Waals surface area contributed by atoms with Crippen LogP contribution in [0.2, 0.25) is 0 Å². The molecular weight excluding hydrogens is 639 g/mol. The summed E-state index contributed by atoms with van der Waals surface area (Å²) in [5.41, 5.74) is 5.10. The summed E-state index contributed by atoms with van der Waals surface area (Å²) in [7, 11) is 4.91. The standard InChI is InChI=1S/C24H31BN4O10S.C4H10N2O/c1-14(2)22(28-18(30)7-9-38-10-8-29-20(32)5-6-21(29)33)23(34)26-12-19(31)27-16-4-3-15(13-39-24(25)35)17(11-16)40(36)37;1-2-3-6-4(5)7/h3-4,11,14,22H,5-10,12-13H2,1-2H3,(H,26,34)(H,27,31)(H,28,30)(H,36,37);2-3H2,1H3,(H3,5,6,7). The number of amides is 7. The minimum absolute atomic E-state index is 0.0188. The van der Waals surface area contributed by atoms with Crippen LogP contribution < -0.4 is 27.0 Å². The van der Waals surface area contributed by atoms with Crippen LogP contribution in [0, 0.1) is 5.92 Å². The highest BCUT2D eigenvalue weighted by Crippen LogP contribution is 2.20. The Labute approximate surface area is 276 Å². The fourth-order valence-electron chi connectivity index (χ4n) is 3.87. The highest BCUT2D eigenvalue weighted by atomic mass is 32.2. The average molecular weight is 681 g/mol. The molecule has 19 heteroatoms. The molecule has 0 spiro atoms. The number of primary amides is 1. The maximum Gasteiger partial charge on any atom is 0.312 e. The topological polar surface area (TPSA) is 253 Å². The molecule has 2 rings (SSSR count). The molecule has 47 heavy (non-hydrogen) atoms. The number of hydrogen-bond acceptors (Lipinski definition) is 10. The predicted octanol–water partition coefficient (Wildman–Crippen LogP) is -0.112. The number of carbonyl (C=O) groups excluding carboxylic acids is 7. The van der Waals surface area contributed by atoms with Crippen molar-refractivity contribution in [3.63, 3.8) is 0 Å². The Bertz CT molecular complexity index is 1300. The lowest BCUT2D eigenvalue weighted by molar-refractivity contribution is -0.139. The number of carbonyl (C=O) groups is 7. The van der Waals surface area contributed by atoms with Crippen LogP contribution in [0.4, 0.5) is 15.3 Å². The summed E-state index contributed by atoms with van der Waals surface area (Å²) < 4.78 is 31.1. The van der Waals surface area contributed by atoms with Gasteiger partial charge in [-0.05, 0) is 24.5 Å². The molecule has 7 amide bonds. The third-order valence-corrected chi connectivity index (χ3v) is 6.99. The van der Waals surface area contributed by atoms with Gasteiger partial charge in [-0.3, -0.25) is 33.7 Å². The Kier molecular flexibility index (Phi) is 18.6. The lowest BCUT2D eigenvalue weighted by atomic mass is 10.0. The molecule has 1 aromatic carbocycles. The molecular formula is C28H41BN6O11S. The van der Waals surface area contributed by atoms with Crippen LogP contribution in [0.5, 0.6) is 0 Å². The van der Waals surface area contributed by atoms with Crippen LogP contribution >= 0.6 is 0 Å². The molecule has 17 nitrogen and oxygen atoms in total. The lowest BCUT2D eigenvalue weighted by Gasteiger charge is -2.21. The number of hydrogen-bond donors (Lipinski definition) is 6. The number of rotatable bonds is 17. The molecule has 1 aliphatic rings. The van der Waals surface area contributed by atoms with Gasteiger partial charge < -0.3 is 41.0 Å². The van der Waals surface area contributed by atoms with E-state index in [1.165, 1.54) is 18.2 Å². The third-order valence-electron chi connectivity index (χ3n) is 6.23. The van der Waals surface area contributed by atoms with E-state index in [2.05, 4.69) is 26.0 Å². The van der Waals surface area contributed by atoms with E-state index in [4.69, 9.17) is 18.3 Å². The normalized spacial score (nSPS) is 13.6. The number of urea groups is 1. The second-order valence-corrected chi connectivity index (χ2v) is 11.3. The van der Waals surface area contributed by atoms with E-state index >= 15 is 0 Å². The predicted molar refractivity (Wildman–Crippen MR) is 169 cm³/mol. The van der Waals surface area contributed by atoms with Crippen molar-refractivity contribution in [2.75, 3.05) is 38.2 Å². The van der Waals surface area contributed by atoms with Crippen LogP contribution in [0.25, 0.3) is 0 Å². The van der Waals surface area contributed by atoms with Crippen LogP contribution in [-0.4, -0.2) is 102 Å². The molecule has 0 aliphatic carbocycles. The first-order chi connectivity index (χ1) is 22.2. The first-order valence-corrected chi connectivity index (χ1v) is 15.7. The van der Waals surface area contributed by atoms with Crippen LogP contribution in [-0.2, 0) is 51.1 Å². The van der Waals surface area contributed by atoms with Gasteiger partial charge in [0.15, 0.2) is 11.1 Å². The monoisotopic (exact) mass is 680 g/mol. The van der Waals surface area contributed by atoms with Gasteiger partial charge in [0.25, 0.3) is 0 Å². The maximum absolute atomic E-state index is 12.6. The molecule has 1 heterocycles. The Morgan fingerprint density at radius 2 is 1.72 bits per heavy atom. The first-order valence-electron chi connectivity index (χ1n) is 14.6. The molecule has 1 aromatic rings. The van der Waals surface area contributed by atoms with E-state index in [1.54, 1.807) is 13.8 Å². The molecule has 1 saturated heterocycles. The van der Waals surface area contributed by atoms with E-state index in [0.717, 1.165) is 11.3 Å². The molecule has 2 radical (unpaired) electrons. The zero-order valence-electron chi connectivity index (χ0n) is 26.5. The average Bonchev–Trinajstić information content (AvgIpc) is 3.32. The molecule has 0 bridgehead atoms. The fraction of sp³-hybridized carbons (Fsp3) is 0.536. The summed E-state index contributed by atoms with van der Waals surface area (Å²) in [4.78, 5) is 82.1. The highest BCUT2D eigenvalue weighted by molar-refractivity contribution is 7.79. The number of anilines is 1. The van der Waals surface area contributed by atoms with Gasteiger partial charge in [0, 0.05) is 37.1 Å². The Morgan fingerprint density at radius 1 is 1.06 bits per heavy atom. The van der Waals surface area contributed by atoms with Crippen molar-refractivity contribution in [1.29, 1.82) is 0 Å². The smallest absolute Gasteiger partial charge is 0.312 e. The highest BCUT2D eigenvalue weighted by Gasteiger charge is 2.28. The largest absolute Gasteiger partial charge is 0.470 e. The summed E-state index contributed by atoms with van der Waals surface area (Å²) in [6.07, 6.45) is 1.25. The minimum atomic E-state index is -2.45. The van der Waals surface area contributed by atoms with Crippen molar-refractivity contribution >= 4 is 66.0 Å². The van der Waals surface area contributed by atoms with Gasteiger partial charge >= 0.3 is 6.03 Å². The van der Waals surface area contributed by atoms with E-state index in [9.17, 15) is 42.3 Å². The second kappa shape index (κ2) is 21.4. The van der Waals surface area contributed by atoms with Gasteiger partial charge in [0.2, 0.25) is 43.3 Å². The van der Waals surface area contributed by atoms with Crippen LogP contribution in [0.15, 0.2) is 23.1 Å². The Morgan fingerprint density at radius 3 is 2.26 bits per heavy atom. The summed E-state index contributed by atoms with van der Waals surface area (Å²) in [6.45, 7) is 5.51. The van der Waals surface area contributed by atoms with Crippen molar-refractivity contribution in [3.05, 3.63) is 23.8 Å². The number of imide groups is 1. The number of nitrogens with two attached hydrogens (primary N) is 1. The molecule has 0 saturated carbocycles. The SMILES string of the molecule is CCCNC(N)=O.[B]C(=O)OCc1ccc(NC(=O)CNC(=O)C(NC(=O)CCOCCN2C(=O)CCC2=O)C(C)C)cc1S(=O)O. The van der Waals surface area contributed by atoms with Crippen molar-refractivity contribution in [2.24, 2.45) is 11.7 Å². The third kappa shape index (κ3) is 16.2. The molecule has 2 unspecified atom stereocenters. The summed E-state index contributed by atoms with van der Waals surface area (Å²) in [5.74, 6) is -3.56. The molecule has 1 aliphatic heterocycles. The van der Waals surface area contributed by atoms with Gasteiger partial charge in [-0.15, -0.1) is 0 Å². The molecule has 1 fully saturated rings. The maximum atomic E-state index is 12.6. The van der Waals surface area contributed by atoms with E-state index in [0.29, 0.717) is 6.54 Å². The van der Waals surface area contributed by atoms with E-state index in [-0.39, 0.29) is 79.5 Å². The summed E-state index contributed by atoms with van der Waals surface area (Å²) >= 11 is -2.45. The van der Waals surface area contributed by atoms with Crippen molar-refractivity contribution in [1.82, 2.24) is 20.9 Å². The second-order valence-electron chi connectivity index (χ2n) is 10.3. The Hall–Kier alpha value is -4.36.